The maximum absolute atomic E-state index is 4.38. The van der Waals surface area contributed by atoms with E-state index in [2.05, 4.69) is 44.0 Å². The lowest BCUT2D eigenvalue weighted by molar-refractivity contribution is 0.567. The molecule has 0 amide bonds. The van der Waals surface area contributed by atoms with Gasteiger partial charge in [-0.15, -0.1) is 0 Å². The molecule has 2 aliphatic rings. The molecule has 1 saturated heterocycles. The first-order valence-electron chi connectivity index (χ1n) is 7.34. The summed E-state index contributed by atoms with van der Waals surface area (Å²) in [6, 6.07) is 7.82. The molecule has 1 N–H and O–H groups in total. The highest BCUT2D eigenvalue weighted by Crippen LogP contribution is 2.27. The monoisotopic (exact) mass is 256 g/mol. The van der Waals surface area contributed by atoms with E-state index in [1.54, 1.807) is 0 Å². The van der Waals surface area contributed by atoms with Crippen LogP contribution >= 0.6 is 0 Å². The van der Waals surface area contributed by atoms with Crippen LogP contribution < -0.4 is 10.2 Å². The summed E-state index contributed by atoms with van der Waals surface area (Å²) in [5, 5.41) is 3.67. The first-order chi connectivity index (χ1) is 9.42. The third-order valence-corrected chi connectivity index (χ3v) is 4.30. The van der Waals surface area contributed by atoms with Crippen molar-refractivity contribution in [3.05, 3.63) is 30.6 Å². The highest BCUT2D eigenvalue weighted by molar-refractivity contribution is 5.52. The lowest BCUT2D eigenvalue weighted by Crippen LogP contribution is -2.39. The Balaban J connectivity index is 1.60. The number of anilines is 1. The maximum atomic E-state index is 4.38. The van der Waals surface area contributed by atoms with Crippen molar-refractivity contribution in [3.63, 3.8) is 0 Å². The van der Waals surface area contributed by atoms with Crippen molar-refractivity contribution in [3.8, 4) is 0 Å². The van der Waals surface area contributed by atoms with Crippen LogP contribution in [0.1, 0.15) is 25.7 Å². The molecule has 1 aliphatic carbocycles. The fraction of sp³-hybridized carbons (Fsp3) is 0.533. The van der Waals surface area contributed by atoms with Crippen molar-refractivity contribution < 1.29 is 0 Å². The minimum atomic E-state index is 0.633. The van der Waals surface area contributed by atoms with Crippen LogP contribution in [0.4, 0.5) is 5.82 Å². The lowest BCUT2D eigenvalue weighted by Gasteiger charge is -2.27. The van der Waals surface area contributed by atoms with Gasteiger partial charge in [-0.1, -0.05) is 6.07 Å². The van der Waals surface area contributed by atoms with Gasteiger partial charge in [0.2, 0.25) is 0 Å². The number of fused-ring (bicyclic) bond motifs is 1. The molecule has 0 spiro atoms. The number of pyridine rings is 1. The summed E-state index contributed by atoms with van der Waals surface area (Å²) in [6.07, 6.45) is 9.27. The molecular formula is C15H20N4. The van der Waals surface area contributed by atoms with E-state index in [0.717, 1.165) is 24.8 Å². The van der Waals surface area contributed by atoms with Crippen molar-refractivity contribution in [2.45, 2.75) is 37.8 Å². The Morgan fingerprint density at radius 3 is 3.11 bits per heavy atom. The van der Waals surface area contributed by atoms with E-state index in [1.807, 2.05) is 6.20 Å². The SMILES string of the molecule is c1cc(N2CCCC2CNC2CC2)n2ccnc2c1. The third-order valence-electron chi connectivity index (χ3n) is 4.30. The predicted octanol–water partition coefficient (Wildman–Crippen LogP) is 2.06. The van der Waals surface area contributed by atoms with Gasteiger partial charge in [0.05, 0.1) is 0 Å². The largest absolute Gasteiger partial charge is 0.353 e. The molecular weight excluding hydrogens is 236 g/mol. The summed E-state index contributed by atoms with van der Waals surface area (Å²) in [7, 11) is 0. The summed E-state index contributed by atoms with van der Waals surface area (Å²) < 4.78 is 2.20. The van der Waals surface area contributed by atoms with Crippen LogP contribution in [0.5, 0.6) is 0 Å². The van der Waals surface area contributed by atoms with Gasteiger partial charge in [-0.25, -0.2) is 4.98 Å². The Morgan fingerprint density at radius 1 is 1.26 bits per heavy atom. The Hall–Kier alpha value is -1.55. The zero-order chi connectivity index (χ0) is 12.7. The summed E-state index contributed by atoms with van der Waals surface area (Å²) >= 11 is 0. The summed E-state index contributed by atoms with van der Waals surface area (Å²) in [6.45, 7) is 2.28. The first kappa shape index (κ1) is 11.3. The van der Waals surface area contributed by atoms with Crippen molar-refractivity contribution in [2.24, 2.45) is 0 Å². The number of hydrogen-bond donors (Lipinski definition) is 1. The van der Waals surface area contributed by atoms with Gasteiger partial charge in [0.25, 0.3) is 0 Å². The molecule has 2 aromatic rings. The minimum Gasteiger partial charge on any atom is -0.353 e. The second-order valence-corrected chi connectivity index (χ2v) is 5.71. The highest BCUT2D eigenvalue weighted by atomic mass is 15.3. The topological polar surface area (TPSA) is 32.6 Å². The van der Waals surface area contributed by atoms with Gasteiger partial charge in [-0.05, 0) is 37.8 Å². The summed E-state index contributed by atoms with van der Waals surface area (Å²) in [5.41, 5.74) is 1.04. The Bertz CT molecular complexity index is 572. The van der Waals surface area contributed by atoms with Crippen molar-refractivity contribution >= 4 is 11.5 Å². The first-order valence-corrected chi connectivity index (χ1v) is 7.34. The average Bonchev–Trinajstić information content (AvgIpc) is 2.96. The number of imidazole rings is 1. The van der Waals surface area contributed by atoms with E-state index in [4.69, 9.17) is 0 Å². The van der Waals surface area contributed by atoms with Gasteiger partial charge in [-0.2, -0.15) is 0 Å². The number of hydrogen-bond acceptors (Lipinski definition) is 3. The number of nitrogens with one attached hydrogen (secondary N) is 1. The normalized spacial score (nSPS) is 23.4. The quantitative estimate of drug-likeness (QED) is 0.909. The zero-order valence-electron chi connectivity index (χ0n) is 11.1. The van der Waals surface area contributed by atoms with Gasteiger partial charge in [-0.3, -0.25) is 4.40 Å². The van der Waals surface area contributed by atoms with Crippen LogP contribution in [0.25, 0.3) is 5.65 Å². The molecule has 2 aromatic heterocycles. The van der Waals surface area contributed by atoms with Crippen molar-refractivity contribution in [1.82, 2.24) is 14.7 Å². The molecule has 4 nitrogen and oxygen atoms in total. The average molecular weight is 256 g/mol. The van der Waals surface area contributed by atoms with Crippen LogP contribution in [0.3, 0.4) is 0 Å². The van der Waals surface area contributed by atoms with Gasteiger partial charge in [0, 0.05) is 37.6 Å². The molecule has 2 fully saturated rings. The smallest absolute Gasteiger partial charge is 0.138 e. The van der Waals surface area contributed by atoms with Crippen LogP contribution in [-0.2, 0) is 0 Å². The summed E-state index contributed by atoms with van der Waals surface area (Å²) in [4.78, 5) is 6.93. The fourth-order valence-electron chi connectivity index (χ4n) is 3.11. The van der Waals surface area contributed by atoms with Gasteiger partial charge < -0.3 is 10.2 Å². The van der Waals surface area contributed by atoms with Crippen LogP contribution in [0.15, 0.2) is 30.6 Å². The molecule has 0 bridgehead atoms. The Kier molecular flexibility index (Phi) is 2.69. The Labute approximate surface area is 113 Å². The molecule has 3 heterocycles. The van der Waals surface area contributed by atoms with E-state index in [9.17, 15) is 0 Å². The molecule has 1 aliphatic heterocycles. The molecule has 4 heteroatoms. The minimum absolute atomic E-state index is 0.633. The molecule has 100 valence electrons. The predicted molar refractivity (Wildman–Crippen MR) is 76.6 cm³/mol. The maximum Gasteiger partial charge on any atom is 0.138 e. The van der Waals surface area contributed by atoms with E-state index >= 15 is 0 Å². The van der Waals surface area contributed by atoms with E-state index in [0.29, 0.717) is 6.04 Å². The molecule has 0 aromatic carbocycles. The van der Waals surface area contributed by atoms with E-state index < -0.39 is 0 Å². The highest BCUT2D eigenvalue weighted by Gasteiger charge is 2.28. The standard InChI is InChI=1S/C15H20N4/c1-4-14-16-8-10-19(14)15(5-1)18-9-2-3-13(18)11-17-12-6-7-12/h1,4-5,8,10,12-13,17H,2-3,6-7,9,11H2. The fourth-order valence-corrected chi connectivity index (χ4v) is 3.11. The number of rotatable bonds is 4. The zero-order valence-corrected chi connectivity index (χ0v) is 11.1. The van der Waals surface area contributed by atoms with Crippen LogP contribution in [0, 0.1) is 0 Å². The summed E-state index contributed by atoms with van der Waals surface area (Å²) in [5.74, 6) is 1.29. The van der Waals surface area contributed by atoms with Gasteiger partial charge in [0.15, 0.2) is 0 Å². The molecule has 1 unspecified atom stereocenters. The van der Waals surface area contributed by atoms with Crippen LogP contribution in [-0.4, -0.2) is 34.6 Å². The molecule has 4 rings (SSSR count). The Morgan fingerprint density at radius 2 is 2.21 bits per heavy atom. The van der Waals surface area contributed by atoms with Gasteiger partial charge >= 0.3 is 0 Å². The lowest BCUT2D eigenvalue weighted by atomic mass is 10.2. The van der Waals surface area contributed by atoms with Gasteiger partial charge in [0.1, 0.15) is 11.5 Å². The third kappa shape index (κ3) is 2.10. The molecule has 1 saturated carbocycles. The number of nitrogens with zero attached hydrogens (tertiary/aromatic N) is 3. The van der Waals surface area contributed by atoms with E-state index in [-0.39, 0.29) is 0 Å². The van der Waals surface area contributed by atoms with Crippen molar-refractivity contribution in [2.75, 3.05) is 18.0 Å². The van der Waals surface area contributed by atoms with Crippen molar-refractivity contribution in [1.29, 1.82) is 0 Å². The molecule has 19 heavy (non-hydrogen) atoms. The number of aromatic nitrogens is 2. The second kappa shape index (κ2) is 4.53. The second-order valence-electron chi connectivity index (χ2n) is 5.71. The van der Waals surface area contributed by atoms with E-state index in [1.165, 1.54) is 31.5 Å². The molecule has 0 radical (unpaired) electrons. The van der Waals surface area contributed by atoms with Crippen LogP contribution in [0.2, 0.25) is 0 Å². The molecule has 1 atom stereocenters.